The van der Waals surface area contributed by atoms with Crippen molar-refractivity contribution in [3.05, 3.63) is 17.0 Å². The number of carbonyl (C=O) groups is 2. The van der Waals surface area contributed by atoms with Crippen LogP contribution in [-0.2, 0) is 14.3 Å². The van der Waals surface area contributed by atoms with E-state index in [2.05, 4.69) is 26.1 Å². The first kappa shape index (κ1) is 27.7. The Hall–Kier alpha value is -1.89. The summed E-state index contributed by atoms with van der Waals surface area (Å²) < 4.78 is 12.5. The number of ether oxygens (including phenoxy) is 1. The minimum absolute atomic E-state index is 0.0724. The van der Waals surface area contributed by atoms with E-state index in [1.54, 1.807) is 0 Å². The van der Waals surface area contributed by atoms with Crippen LogP contribution in [0.2, 0.25) is 0 Å². The van der Waals surface area contributed by atoms with Gasteiger partial charge in [0.15, 0.2) is 0 Å². The lowest BCUT2D eigenvalue weighted by atomic mass is 9.63. The zero-order valence-corrected chi connectivity index (χ0v) is 24.0. The lowest BCUT2D eigenvalue weighted by Gasteiger charge is -2.55. The van der Waals surface area contributed by atoms with Gasteiger partial charge >= 0.3 is 11.9 Å². The first-order chi connectivity index (χ1) is 18.2. The van der Waals surface area contributed by atoms with Crippen molar-refractivity contribution in [3.63, 3.8) is 0 Å². The Kier molecular flexibility index (Phi) is 8.23. The molecule has 4 aliphatic rings. The minimum atomic E-state index is -0.780. The third-order valence-corrected chi connectivity index (χ3v) is 10.2. The number of nitrogens with zero attached hydrogens (tertiary/aromatic N) is 2. The molecule has 5 rings (SSSR count). The van der Waals surface area contributed by atoms with Crippen molar-refractivity contribution < 1.29 is 28.4 Å². The monoisotopic (exact) mass is 529 g/mol. The fraction of sp³-hybridized carbons (Fsp3) is 0.839. The van der Waals surface area contributed by atoms with E-state index in [9.17, 15) is 14.7 Å². The van der Waals surface area contributed by atoms with Crippen molar-refractivity contribution in [2.45, 2.75) is 115 Å². The first-order valence-electron chi connectivity index (χ1n) is 15.4. The van der Waals surface area contributed by atoms with E-state index in [1.165, 1.54) is 31.2 Å². The molecule has 0 bridgehead atoms. The van der Waals surface area contributed by atoms with Crippen LogP contribution in [0.15, 0.2) is 4.52 Å². The summed E-state index contributed by atoms with van der Waals surface area (Å²) in [5, 5.41) is 14.6. The maximum atomic E-state index is 12.9. The highest BCUT2D eigenvalue weighted by molar-refractivity contribution is 5.74. The highest BCUT2D eigenvalue weighted by Gasteiger charge is 2.57. The van der Waals surface area contributed by atoms with Crippen molar-refractivity contribution in [2.24, 2.45) is 23.7 Å². The topological polar surface area (TPSA) is 89.6 Å². The summed E-state index contributed by atoms with van der Waals surface area (Å²) in [6.07, 6.45) is 11.1. The van der Waals surface area contributed by atoms with Crippen LogP contribution in [0.3, 0.4) is 0 Å². The Bertz CT molecular complexity index is 986. The number of hydrogen-bond acceptors (Lipinski definition) is 5. The molecule has 0 spiro atoms. The Morgan fingerprint density at radius 3 is 2.39 bits per heavy atom. The zero-order valence-electron chi connectivity index (χ0n) is 24.0. The number of carboxylic acid groups (broad SMARTS) is 1. The molecule has 4 atom stereocenters. The third-order valence-electron chi connectivity index (χ3n) is 10.2. The van der Waals surface area contributed by atoms with E-state index >= 15 is 0 Å². The maximum Gasteiger partial charge on any atom is 0.315 e. The molecule has 3 saturated carbocycles. The average molecular weight is 530 g/mol. The predicted molar refractivity (Wildman–Crippen MR) is 145 cm³/mol. The molecule has 3 aliphatic carbocycles. The molecule has 1 aromatic rings. The molecule has 1 N–H and O–H groups in total. The van der Waals surface area contributed by atoms with Gasteiger partial charge in [0.05, 0.1) is 38.9 Å². The number of rotatable bonds is 12. The Balaban J connectivity index is 1.37. The summed E-state index contributed by atoms with van der Waals surface area (Å²) >= 11 is 0. The molecule has 7 heteroatoms. The normalized spacial score (nSPS) is 31.3. The number of piperidine rings is 1. The standard InChI is InChI=1S/C31H48N2O5/c1-5-37-31(36)25-17-23(29(25)33(4)11-7-6-8-12-33)16-22(18-26(34)35)28-27(21-9-10-21)30(38-32-28)24-14-20(15-24)13-19(2)3/h19-25,29H,5-18H2,1-4H3/p+1. The number of aliphatic carboxylic acids is 1. The smallest absolute Gasteiger partial charge is 0.315 e. The summed E-state index contributed by atoms with van der Waals surface area (Å²) in [6.45, 7) is 9.03. The molecule has 0 radical (unpaired) electrons. The van der Waals surface area contributed by atoms with Crippen molar-refractivity contribution in [3.8, 4) is 0 Å². The van der Waals surface area contributed by atoms with Gasteiger partial charge < -0.3 is 18.8 Å². The zero-order chi connectivity index (χ0) is 27.0. The second kappa shape index (κ2) is 11.3. The van der Waals surface area contributed by atoms with E-state index in [-0.39, 0.29) is 30.3 Å². The third kappa shape index (κ3) is 5.68. The fourth-order valence-electron chi connectivity index (χ4n) is 8.31. The first-order valence-corrected chi connectivity index (χ1v) is 15.4. The molecule has 4 fully saturated rings. The molecule has 1 aromatic heterocycles. The second-order valence-electron chi connectivity index (χ2n) is 13.6. The number of quaternary nitrogens is 1. The quantitative estimate of drug-likeness (QED) is 0.255. The fourth-order valence-corrected chi connectivity index (χ4v) is 8.31. The van der Waals surface area contributed by atoms with Crippen LogP contribution in [0.5, 0.6) is 0 Å². The van der Waals surface area contributed by atoms with Crippen LogP contribution < -0.4 is 0 Å². The number of esters is 1. The van der Waals surface area contributed by atoms with Gasteiger partial charge in [-0.05, 0) is 88.9 Å². The van der Waals surface area contributed by atoms with Gasteiger partial charge in [0.1, 0.15) is 17.7 Å². The molecule has 4 unspecified atom stereocenters. The van der Waals surface area contributed by atoms with E-state index < -0.39 is 5.97 Å². The molecular formula is C31H49N2O5+. The Morgan fingerprint density at radius 2 is 1.79 bits per heavy atom. The molecule has 0 aromatic carbocycles. The van der Waals surface area contributed by atoms with Crippen molar-refractivity contribution in [1.29, 1.82) is 0 Å². The molecule has 2 heterocycles. The predicted octanol–water partition coefficient (Wildman–Crippen LogP) is 6.24. The number of likely N-dealkylation sites (tertiary alicyclic amines) is 1. The maximum absolute atomic E-state index is 12.9. The second-order valence-corrected chi connectivity index (χ2v) is 13.6. The van der Waals surface area contributed by atoms with Crippen LogP contribution in [0.4, 0.5) is 0 Å². The van der Waals surface area contributed by atoms with Crippen molar-refractivity contribution in [1.82, 2.24) is 5.16 Å². The Labute approximate surface area is 228 Å². The van der Waals surface area contributed by atoms with Gasteiger partial charge in [0, 0.05) is 23.3 Å². The summed E-state index contributed by atoms with van der Waals surface area (Å²) in [4.78, 5) is 25.0. The van der Waals surface area contributed by atoms with Gasteiger partial charge in [0.25, 0.3) is 0 Å². The lowest BCUT2D eigenvalue weighted by Crippen LogP contribution is -2.67. The average Bonchev–Trinajstić information content (AvgIpc) is 3.56. The number of aromatic nitrogens is 1. The summed E-state index contributed by atoms with van der Waals surface area (Å²) in [6, 6.07) is 0.199. The van der Waals surface area contributed by atoms with Crippen LogP contribution in [0.1, 0.15) is 126 Å². The minimum Gasteiger partial charge on any atom is -0.481 e. The van der Waals surface area contributed by atoms with Gasteiger partial charge in [0.2, 0.25) is 0 Å². The van der Waals surface area contributed by atoms with Gasteiger partial charge in [-0.15, -0.1) is 0 Å². The van der Waals surface area contributed by atoms with Gasteiger partial charge in [-0.3, -0.25) is 9.59 Å². The van der Waals surface area contributed by atoms with Gasteiger partial charge in [-0.2, -0.15) is 0 Å². The molecular weight excluding hydrogens is 480 g/mol. The number of carbonyl (C=O) groups excluding carboxylic acids is 1. The highest BCUT2D eigenvalue weighted by atomic mass is 16.5. The van der Waals surface area contributed by atoms with Gasteiger partial charge in [-0.25, -0.2) is 0 Å². The van der Waals surface area contributed by atoms with Crippen molar-refractivity contribution >= 4 is 11.9 Å². The van der Waals surface area contributed by atoms with E-state index in [1.807, 2.05) is 6.92 Å². The highest BCUT2D eigenvalue weighted by Crippen LogP contribution is 2.54. The lowest BCUT2D eigenvalue weighted by molar-refractivity contribution is -0.950. The summed E-state index contributed by atoms with van der Waals surface area (Å²) in [5.74, 6) is 2.63. The number of carboxylic acids is 1. The largest absolute Gasteiger partial charge is 0.481 e. The number of hydrogen-bond donors (Lipinski definition) is 1. The van der Waals surface area contributed by atoms with E-state index in [0.29, 0.717) is 30.3 Å². The van der Waals surface area contributed by atoms with Crippen LogP contribution >= 0.6 is 0 Å². The van der Waals surface area contributed by atoms with Gasteiger partial charge in [-0.1, -0.05) is 19.0 Å². The summed E-state index contributed by atoms with van der Waals surface area (Å²) in [7, 11) is 2.31. The van der Waals surface area contributed by atoms with Crippen molar-refractivity contribution in [2.75, 3.05) is 26.7 Å². The van der Waals surface area contributed by atoms with Crippen LogP contribution in [0, 0.1) is 23.7 Å². The van der Waals surface area contributed by atoms with E-state index in [0.717, 1.165) is 73.5 Å². The van der Waals surface area contributed by atoms with Crippen LogP contribution in [0.25, 0.3) is 0 Å². The van der Waals surface area contributed by atoms with Crippen LogP contribution in [-0.4, -0.2) is 59.5 Å². The van der Waals surface area contributed by atoms with E-state index in [4.69, 9.17) is 9.26 Å². The molecule has 1 aliphatic heterocycles. The Morgan fingerprint density at radius 1 is 1.08 bits per heavy atom. The SMILES string of the molecule is CCOC(=O)C1CC(CC(CC(=O)O)c2noc(C3CC(CC(C)C)C3)c2C2CC2)C1[N+]1(C)CCCCC1. The summed E-state index contributed by atoms with van der Waals surface area (Å²) in [5.41, 5.74) is 2.16. The molecule has 1 saturated heterocycles. The molecule has 212 valence electrons. The molecule has 7 nitrogen and oxygen atoms in total. The molecule has 38 heavy (non-hydrogen) atoms. The molecule has 0 amide bonds.